The van der Waals surface area contributed by atoms with E-state index >= 15 is 0 Å². The zero-order valence-corrected chi connectivity index (χ0v) is 9.75. The first kappa shape index (κ1) is 13.2. The number of alkyl halides is 3. The number of hydrogen-bond donors (Lipinski definition) is 0. The summed E-state index contributed by atoms with van der Waals surface area (Å²) in [4.78, 5) is 11.3. The van der Waals surface area contributed by atoms with Gasteiger partial charge < -0.3 is 0 Å². The van der Waals surface area contributed by atoms with Crippen molar-refractivity contribution in [3.8, 4) is 0 Å². The summed E-state index contributed by atoms with van der Waals surface area (Å²) in [7, 11) is 0. The van der Waals surface area contributed by atoms with Gasteiger partial charge in [-0.25, -0.2) is 4.39 Å². The first-order valence-electron chi connectivity index (χ1n) is 4.36. The lowest BCUT2D eigenvalue weighted by Gasteiger charge is -2.10. The van der Waals surface area contributed by atoms with Crippen molar-refractivity contribution in [1.29, 1.82) is 0 Å². The van der Waals surface area contributed by atoms with Gasteiger partial charge in [-0.15, -0.1) is 0 Å². The Balaban J connectivity index is 3.39. The molecule has 0 spiro atoms. The van der Waals surface area contributed by atoms with Crippen LogP contribution in [0.2, 0.25) is 0 Å². The third-order valence-corrected chi connectivity index (χ3v) is 2.64. The van der Waals surface area contributed by atoms with Crippen LogP contribution in [0.5, 0.6) is 0 Å². The molecule has 0 saturated heterocycles. The molecule has 0 bridgehead atoms. The summed E-state index contributed by atoms with van der Waals surface area (Å²) in [6.07, 6.45) is -4.74. The molecule has 0 saturated carbocycles. The Kier molecular flexibility index (Phi) is 3.72. The Morgan fingerprint density at radius 2 is 1.94 bits per heavy atom. The summed E-state index contributed by atoms with van der Waals surface area (Å²) in [5.74, 6) is -1.87. The first-order valence-corrected chi connectivity index (χ1v) is 5.16. The Hall–Kier alpha value is -0.910. The fourth-order valence-corrected chi connectivity index (χ4v) is 1.71. The molecule has 1 rings (SSSR count). The number of carbonyl (C=O) groups is 1. The van der Waals surface area contributed by atoms with Gasteiger partial charge in [0, 0.05) is 16.5 Å². The smallest absolute Gasteiger partial charge is 0.294 e. The van der Waals surface area contributed by atoms with E-state index in [9.17, 15) is 22.4 Å². The van der Waals surface area contributed by atoms with Crippen LogP contribution in [0.3, 0.4) is 0 Å². The predicted molar refractivity (Wildman–Crippen MR) is 53.7 cm³/mol. The molecule has 0 aliphatic carbocycles. The molecule has 6 heteroatoms. The van der Waals surface area contributed by atoms with Gasteiger partial charge in [0.15, 0.2) is 5.78 Å². The average molecular weight is 299 g/mol. The molecule has 0 aromatic heterocycles. The van der Waals surface area contributed by atoms with Crippen LogP contribution in [0.15, 0.2) is 16.6 Å². The lowest BCUT2D eigenvalue weighted by Crippen LogP contribution is -2.11. The second-order valence-electron chi connectivity index (χ2n) is 3.09. The minimum Gasteiger partial charge on any atom is -0.294 e. The molecule has 0 aliphatic heterocycles. The van der Waals surface area contributed by atoms with Crippen molar-refractivity contribution in [2.24, 2.45) is 0 Å². The molecule has 1 nitrogen and oxygen atoms in total. The minimum absolute atomic E-state index is 0.0323. The van der Waals surface area contributed by atoms with Crippen LogP contribution in [0.4, 0.5) is 17.6 Å². The van der Waals surface area contributed by atoms with Crippen molar-refractivity contribution in [3.05, 3.63) is 33.5 Å². The van der Waals surface area contributed by atoms with Gasteiger partial charge in [-0.05, 0) is 28.1 Å². The van der Waals surface area contributed by atoms with Gasteiger partial charge in [0.25, 0.3) is 0 Å². The van der Waals surface area contributed by atoms with Crippen molar-refractivity contribution >= 4 is 21.7 Å². The van der Waals surface area contributed by atoms with Crippen molar-refractivity contribution in [2.75, 3.05) is 0 Å². The monoisotopic (exact) mass is 298 g/mol. The molecule has 1 aromatic rings. The molecule has 88 valence electrons. The third kappa shape index (κ3) is 2.61. The van der Waals surface area contributed by atoms with Gasteiger partial charge in [0.2, 0.25) is 0 Å². The van der Waals surface area contributed by atoms with E-state index in [2.05, 4.69) is 15.9 Å². The Morgan fingerprint density at radius 3 is 2.38 bits per heavy atom. The Morgan fingerprint density at radius 1 is 1.38 bits per heavy atom. The lowest BCUT2D eigenvalue weighted by molar-refractivity contribution is -0.140. The molecule has 0 aliphatic rings. The third-order valence-electron chi connectivity index (χ3n) is 1.98. The number of Topliss-reactive ketones (excluding diaryl/α,β-unsaturated/α-hetero) is 1. The predicted octanol–water partition coefficient (Wildman–Crippen LogP) is 4.20. The van der Waals surface area contributed by atoms with E-state index in [0.717, 1.165) is 0 Å². The van der Waals surface area contributed by atoms with Crippen LogP contribution < -0.4 is 0 Å². The van der Waals surface area contributed by atoms with E-state index in [1.807, 2.05) is 0 Å². The molecule has 0 N–H and O–H groups in total. The number of benzene rings is 1. The second kappa shape index (κ2) is 4.53. The highest BCUT2D eigenvalue weighted by atomic mass is 79.9. The number of hydrogen-bond acceptors (Lipinski definition) is 1. The minimum atomic E-state index is -4.80. The van der Waals surface area contributed by atoms with Gasteiger partial charge in [0.1, 0.15) is 5.82 Å². The molecule has 0 atom stereocenters. The van der Waals surface area contributed by atoms with Crippen LogP contribution in [-0.4, -0.2) is 5.78 Å². The van der Waals surface area contributed by atoms with Crippen LogP contribution in [0, 0.1) is 5.82 Å². The second-order valence-corrected chi connectivity index (χ2v) is 3.94. The van der Waals surface area contributed by atoms with E-state index in [4.69, 9.17) is 0 Å². The first-order chi connectivity index (χ1) is 7.27. The van der Waals surface area contributed by atoms with E-state index < -0.39 is 23.3 Å². The van der Waals surface area contributed by atoms with Crippen molar-refractivity contribution in [3.63, 3.8) is 0 Å². The zero-order valence-electron chi connectivity index (χ0n) is 8.16. The van der Waals surface area contributed by atoms with Crippen molar-refractivity contribution < 1.29 is 22.4 Å². The molecule has 1 aromatic carbocycles. The summed E-state index contributed by atoms with van der Waals surface area (Å²) in [6.45, 7) is 1.52. The number of ketones is 1. The molecule has 0 heterocycles. The average Bonchev–Trinajstić information content (AvgIpc) is 2.14. The molecular weight excluding hydrogens is 292 g/mol. The molecule has 0 unspecified atom stereocenters. The quantitative estimate of drug-likeness (QED) is 0.591. The lowest BCUT2D eigenvalue weighted by atomic mass is 10.0. The molecule has 0 radical (unpaired) electrons. The summed E-state index contributed by atoms with van der Waals surface area (Å²) in [6, 6.07) is 1.19. The van der Waals surface area contributed by atoms with Gasteiger partial charge in [-0.3, -0.25) is 4.79 Å². The van der Waals surface area contributed by atoms with Gasteiger partial charge in [0.05, 0.1) is 5.56 Å². The summed E-state index contributed by atoms with van der Waals surface area (Å²) < 4.78 is 50.1. The number of carbonyl (C=O) groups excluding carboxylic acids is 1. The molecule has 0 fully saturated rings. The van der Waals surface area contributed by atoms with E-state index in [1.165, 1.54) is 6.92 Å². The maximum absolute atomic E-state index is 13.0. The highest BCUT2D eigenvalue weighted by molar-refractivity contribution is 9.10. The largest absolute Gasteiger partial charge is 0.419 e. The highest BCUT2D eigenvalue weighted by Gasteiger charge is 2.35. The maximum atomic E-state index is 13.0. The van der Waals surface area contributed by atoms with Gasteiger partial charge in [-0.1, -0.05) is 6.92 Å². The van der Waals surface area contributed by atoms with Crippen LogP contribution in [0.25, 0.3) is 0 Å². The van der Waals surface area contributed by atoms with Crippen LogP contribution in [0.1, 0.15) is 29.3 Å². The summed E-state index contributed by atoms with van der Waals surface area (Å²) in [5, 5.41) is 0. The van der Waals surface area contributed by atoms with Crippen molar-refractivity contribution in [2.45, 2.75) is 19.5 Å². The van der Waals surface area contributed by atoms with Gasteiger partial charge in [-0.2, -0.15) is 13.2 Å². The normalized spacial score (nSPS) is 11.6. The summed E-state index contributed by atoms with van der Waals surface area (Å²) in [5.41, 5.74) is -1.58. The molecule has 16 heavy (non-hydrogen) atoms. The maximum Gasteiger partial charge on any atom is 0.419 e. The number of halogens is 5. The van der Waals surface area contributed by atoms with E-state index in [1.54, 1.807) is 0 Å². The fourth-order valence-electron chi connectivity index (χ4n) is 1.17. The van der Waals surface area contributed by atoms with E-state index in [0.29, 0.717) is 12.1 Å². The SMILES string of the molecule is CCC(=O)c1cc(C(F)(F)F)c(F)cc1Br. The molecular formula is C10H7BrF4O. The van der Waals surface area contributed by atoms with Crippen LogP contribution >= 0.6 is 15.9 Å². The zero-order chi connectivity index (χ0) is 12.5. The van der Waals surface area contributed by atoms with Crippen molar-refractivity contribution in [1.82, 2.24) is 0 Å². The molecule has 0 amide bonds. The summed E-state index contributed by atoms with van der Waals surface area (Å²) >= 11 is 2.86. The number of rotatable bonds is 2. The Bertz CT molecular complexity index is 426. The van der Waals surface area contributed by atoms with E-state index in [-0.39, 0.29) is 16.5 Å². The van der Waals surface area contributed by atoms with Crippen LogP contribution in [-0.2, 0) is 6.18 Å². The standard InChI is InChI=1S/C10H7BrF4O/c1-2-9(16)5-3-6(10(13,14)15)8(12)4-7(5)11/h3-4H,2H2,1H3. The topological polar surface area (TPSA) is 17.1 Å². The fraction of sp³-hybridized carbons (Fsp3) is 0.300. The highest BCUT2D eigenvalue weighted by Crippen LogP contribution is 2.34. The Labute approximate surface area is 97.6 Å². The van der Waals surface area contributed by atoms with Gasteiger partial charge >= 0.3 is 6.18 Å².